The van der Waals surface area contributed by atoms with Gasteiger partial charge in [0.2, 0.25) is 0 Å². The summed E-state index contributed by atoms with van der Waals surface area (Å²) in [5, 5.41) is 6.06. The molecule has 0 spiro atoms. The summed E-state index contributed by atoms with van der Waals surface area (Å²) in [7, 11) is 5.16. The molecule has 12 heteroatoms. The highest BCUT2D eigenvalue weighted by Gasteiger charge is 2.01. The van der Waals surface area contributed by atoms with Gasteiger partial charge in [0.25, 0.3) is 0 Å². The van der Waals surface area contributed by atoms with Crippen LogP contribution in [0.2, 0.25) is 0 Å². The van der Waals surface area contributed by atoms with Crippen LogP contribution < -0.4 is 22.1 Å². The first-order valence-electron chi connectivity index (χ1n) is 4.25. The van der Waals surface area contributed by atoms with E-state index in [0.29, 0.717) is 30.4 Å². The molecule has 0 heterocycles. The summed E-state index contributed by atoms with van der Waals surface area (Å²) in [6.07, 6.45) is 0. The topological polar surface area (TPSA) is 76.1 Å². The molecule has 0 saturated heterocycles. The molecule has 0 aromatic carbocycles. The number of thiocarbonyl (C=S) groups is 4. The van der Waals surface area contributed by atoms with E-state index in [0.717, 1.165) is 0 Å². The Morgan fingerprint density at radius 1 is 0.722 bits per heavy atom. The average molecular weight is 395 g/mol. The van der Waals surface area contributed by atoms with Crippen molar-refractivity contribution < 1.29 is 0 Å². The number of hydrogen-bond donors (Lipinski definition) is 4. The van der Waals surface area contributed by atoms with Gasteiger partial charge in [-0.3, -0.25) is 0 Å². The second-order valence-corrected chi connectivity index (χ2v) is 9.49. The van der Waals surface area contributed by atoms with E-state index < -0.39 is 0 Å². The molecule has 6 N–H and O–H groups in total. The maximum Gasteiger partial charge on any atom is 0.144 e. The summed E-state index contributed by atoms with van der Waals surface area (Å²) in [4.78, 5) is 0. The van der Waals surface area contributed by atoms with Crippen LogP contribution in [-0.4, -0.2) is 30.4 Å². The maximum absolute atomic E-state index is 5.32. The SMILES string of the molecule is NC(=S)SSC(=S)NCCNC(=S)SSC(N)=S. The Balaban J connectivity index is 3.49. The quantitative estimate of drug-likeness (QED) is 0.321. The minimum absolute atomic E-state index is 0.356. The number of rotatable bonds is 3. The van der Waals surface area contributed by atoms with Gasteiger partial charge in [-0.2, -0.15) is 0 Å². The van der Waals surface area contributed by atoms with Crippen LogP contribution in [0.1, 0.15) is 0 Å². The van der Waals surface area contributed by atoms with Crippen LogP contribution in [0.3, 0.4) is 0 Å². The second-order valence-electron chi connectivity index (χ2n) is 2.40. The summed E-state index contributed by atoms with van der Waals surface area (Å²) in [5.74, 6) is 0. The van der Waals surface area contributed by atoms with Crippen LogP contribution in [0, 0.1) is 0 Å². The molecular formula is C6H10N4S8. The molecule has 0 saturated carbocycles. The average Bonchev–Trinajstić information content (AvgIpc) is 2.29. The fourth-order valence-electron chi connectivity index (χ4n) is 0.546. The fraction of sp³-hybridized carbons (Fsp3) is 0.333. The van der Waals surface area contributed by atoms with Crippen LogP contribution >= 0.6 is 92.0 Å². The number of nitrogens with one attached hydrogen (secondary N) is 2. The van der Waals surface area contributed by atoms with E-state index in [4.69, 9.17) is 60.3 Å². The van der Waals surface area contributed by atoms with Gasteiger partial charge in [-0.05, 0) is 43.2 Å². The highest BCUT2D eigenvalue weighted by molar-refractivity contribution is 8.90. The van der Waals surface area contributed by atoms with Gasteiger partial charge in [0.15, 0.2) is 0 Å². The van der Waals surface area contributed by atoms with E-state index in [9.17, 15) is 0 Å². The van der Waals surface area contributed by atoms with Crippen LogP contribution in [0.15, 0.2) is 0 Å². The summed E-state index contributed by atoms with van der Waals surface area (Å²) < 4.78 is 1.97. The molecule has 0 unspecified atom stereocenters. The second kappa shape index (κ2) is 11.8. The molecule has 102 valence electrons. The maximum atomic E-state index is 5.32. The standard InChI is InChI=1S/C6H10N4S8/c7-3(11)15-17-5(13)9-1-2-10-6(14)18-16-4(8)12/h1-2H2,(H2,7,11)(H2,8,12)(H,9,13)(H,10,14). The first kappa shape index (κ1) is 19.0. The molecule has 0 atom stereocenters. The summed E-state index contributed by atoms with van der Waals surface area (Å²) in [6.45, 7) is 1.31. The monoisotopic (exact) mass is 394 g/mol. The molecule has 0 aromatic heterocycles. The van der Waals surface area contributed by atoms with E-state index in [2.05, 4.69) is 10.6 Å². The first-order valence-corrected chi connectivity index (χ1v) is 10.2. The molecule has 0 aliphatic rings. The molecule has 0 aromatic rings. The number of nitrogens with two attached hydrogens (primary N) is 2. The Kier molecular flexibility index (Phi) is 12.4. The van der Waals surface area contributed by atoms with Crippen LogP contribution in [0.4, 0.5) is 0 Å². The molecule has 18 heavy (non-hydrogen) atoms. The minimum Gasteiger partial charge on any atom is -0.384 e. The van der Waals surface area contributed by atoms with Gasteiger partial charge in [-0.25, -0.2) is 0 Å². The van der Waals surface area contributed by atoms with Crippen LogP contribution in [-0.2, 0) is 0 Å². The van der Waals surface area contributed by atoms with E-state index >= 15 is 0 Å². The molecule has 0 aliphatic carbocycles. The predicted molar refractivity (Wildman–Crippen MR) is 105 cm³/mol. The minimum atomic E-state index is 0.356. The molecule has 0 aliphatic heterocycles. The van der Waals surface area contributed by atoms with E-state index in [1.54, 1.807) is 0 Å². The summed E-state index contributed by atoms with van der Waals surface area (Å²) in [5.41, 5.74) is 10.6. The zero-order chi connectivity index (χ0) is 14.0. The van der Waals surface area contributed by atoms with Gasteiger partial charge in [0.1, 0.15) is 17.3 Å². The van der Waals surface area contributed by atoms with Crippen molar-refractivity contribution in [2.24, 2.45) is 11.5 Å². The Labute approximate surface area is 143 Å². The smallest absolute Gasteiger partial charge is 0.144 e. The Morgan fingerprint density at radius 2 is 1.06 bits per heavy atom. The van der Waals surface area contributed by atoms with E-state index in [1.165, 1.54) is 43.2 Å². The highest BCUT2D eigenvalue weighted by Crippen LogP contribution is 2.22. The zero-order valence-electron chi connectivity index (χ0n) is 8.83. The van der Waals surface area contributed by atoms with E-state index in [1.807, 2.05) is 0 Å². The molecule has 0 rings (SSSR count). The van der Waals surface area contributed by atoms with Gasteiger partial charge in [0.05, 0.1) is 0 Å². The van der Waals surface area contributed by atoms with Crippen molar-refractivity contribution in [2.45, 2.75) is 0 Å². The van der Waals surface area contributed by atoms with Crippen molar-refractivity contribution in [1.82, 2.24) is 10.6 Å². The third kappa shape index (κ3) is 13.4. The molecular weight excluding hydrogens is 385 g/mol. The van der Waals surface area contributed by atoms with Gasteiger partial charge in [-0.1, -0.05) is 48.9 Å². The summed E-state index contributed by atoms with van der Waals surface area (Å²) >= 11 is 19.5. The lowest BCUT2D eigenvalue weighted by Gasteiger charge is -2.08. The third-order valence-electron chi connectivity index (χ3n) is 1.06. The third-order valence-corrected chi connectivity index (χ3v) is 7.28. The van der Waals surface area contributed by atoms with Crippen molar-refractivity contribution in [3.8, 4) is 0 Å². The molecule has 0 amide bonds. The van der Waals surface area contributed by atoms with Gasteiger partial charge < -0.3 is 22.1 Å². The van der Waals surface area contributed by atoms with Gasteiger partial charge in [-0.15, -0.1) is 0 Å². The lowest BCUT2D eigenvalue weighted by atomic mass is 10.6. The lowest BCUT2D eigenvalue weighted by Crippen LogP contribution is -2.30. The van der Waals surface area contributed by atoms with Crippen molar-refractivity contribution >= 4 is 109 Å². The van der Waals surface area contributed by atoms with Crippen molar-refractivity contribution in [1.29, 1.82) is 0 Å². The Hall–Kier alpha value is 0.960. The molecule has 0 bridgehead atoms. The normalized spacial score (nSPS) is 9.56. The molecule has 4 nitrogen and oxygen atoms in total. The lowest BCUT2D eigenvalue weighted by molar-refractivity contribution is 0.834. The van der Waals surface area contributed by atoms with Crippen LogP contribution in [0.25, 0.3) is 0 Å². The highest BCUT2D eigenvalue weighted by atomic mass is 33.1. The fourth-order valence-corrected chi connectivity index (χ4v) is 3.91. The molecule has 0 fully saturated rings. The van der Waals surface area contributed by atoms with Gasteiger partial charge in [0, 0.05) is 13.1 Å². The Morgan fingerprint density at radius 3 is 1.33 bits per heavy atom. The number of hydrogen-bond acceptors (Lipinski definition) is 8. The first-order chi connectivity index (χ1) is 8.41. The Bertz CT molecular complexity index is 300. The summed E-state index contributed by atoms with van der Waals surface area (Å²) in [6, 6.07) is 0. The largest absolute Gasteiger partial charge is 0.384 e. The van der Waals surface area contributed by atoms with Crippen LogP contribution in [0.5, 0.6) is 0 Å². The zero-order valence-corrected chi connectivity index (χ0v) is 15.4. The van der Waals surface area contributed by atoms with Crippen molar-refractivity contribution in [3.63, 3.8) is 0 Å². The molecule has 0 radical (unpaired) electrons. The van der Waals surface area contributed by atoms with E-state index in [-0.39, 0.29) is 0 Å². The van der Waals surface area contributed by atoms with Crippen molar-refractivity contribution in [2.75, 3.05) is 13.1 Å². The predicted octanol–water partition coefficient (Wildman–Crippen LogP) is 1.99. The van der Waals surface area contributed by atoms with Gasteiger partial charge >= 0.3 is 0 Å². The van der Waals surface area contributed by atoms with Crippen molar-refractivity contribution in [3.05, 3.63) is 0 Å².